The van der Waals surface area contributed by atoms with Gasteiger partial charge in [-0.2, -0.15) is 0 Å². The van der Waals surface area contributed by atoms with Gasteiger partial charge in [0.15, 0.2) is 0 Å². The minimum atomic E-state index is 0.907. The van der Waals surface area contributed by atoms with Gasteiger partial charge in [0.2, 0.25) is 0 Å². The maximum atomic E-state index is 6.44. The molecule has 13 rings (SSSR count). The van der Waals surface area contributed by atoms with Gasteiger partial charge in [-0.05, 0) is 93.3 Å². The van der Waals surface area contributed by atoms with E-state index in [9.17, 15) is 0 Å². The van der Waals surface area contributed by atoms with Gasteiger partial charge in [-0.3, -0.25) is 0 Å². The molecule has 0 aliphatic rings. The Morgan fingerprint density at radius 1 is 0.317 bits per heavy atom. The number of nitrogens with zero attached hydrogens (tertiary/aromatic N) is 1. The van der Waals surface area contributed by atoms with Crippen LogP contribution in [0.25, 0.3) is 108 Å². The Morgan fingerprint density at radius 3 is 1.52 bits per heavy atom. The van der Waals surface area contributed by atoms with Crippen LogP contribution in [-0.4, -0.2) is 0 Å². The van der Waals surface area contributed by atoms with Gasteiger partial charge in [0.1, 0.15) is 22.3 Å². The number of benzene rings is 10. The van der Waals surface area contributed by atoms with Crippen LogP contribution >= 0.6 is 11.3 Å². The van der Waals surface area contributed by atoms with Crippen molar-refractivity contribution in [1.82, 2.24) is 0 Å². The van der Waals surface area contributed by atoms with Gasteiger partial charge in [-0.1, -0.05) is 140 Å². The molecule has 0 bridgehead atoms. The summed E-state index contributed by atoms with van der Waals surface area (Å²) in [4.78, 5) is 2.39. The zero-order chi connectivity index (χ0) is 39.3. The largest absolute Gasteiger partial charge is 0.455 e. The fourth-order valence-electron chi connectivity index (χ4n) is 9.41. The zero-order valence-corrected chi connectivity index (χ0v) is 33.0. The number of hydrogen-bond donors (Lipinski definition) is 0. The topological polar surface area (TPSA) is 29.5 Å². The molecule has 0 unspecified atom stereocenters. The molecule has 13 aromatic rings. The van der Waals surface area contributed by atoms with E-state index in [2.05, 4.69) is 181 Å². The van der Waals surface area contributed by atoms with E-state index in [1.807, 2.05) is 35.6 Å². The van der Waals surface area contributed by atoms with Gasteiger partial charge in [0.05, 0.1) is 0 Å². The Kier molecular flexibility index (Phi) is 7.18. The van der Waals surface area contributed by atoms with Crippen molar-refractivity contribution >= 4 is 114 Å². The van der Waals surface area contributed by atoms with Crippen LogP contribution in [0.5, 0.6) is 0 Å². The van der Waals surface area contributed by atoms with E-state index in [4.69, 9.17) is 8.83 Å². The molecule has 0 saturated carbocycles. The average Bonchev–Trinajstić information content (AvgIpc) is 4.00. The van der Waals surface area contributed by atoms with E-state index >= 15 is 0 Å². The smallest absolute Gasteiger partial charge is 0.143 e. The summed E-state index contributed by atoms with van der Waals surface area (Å²) < 4.78 is 15.4. The second-order valence-corrected chi connectivity index (χ2v) is 16.7. The third kappa shape index (κ3) is 5.08. The standard InChI is InChI=1S/C56H33NO2S/c1-4-16-51-45(9-1)49-14-7-12-43(55(49)58-51)34-21-24-38(25-22-34)57(40-27-30-48-47-11-3-6-18-53(47)60-54(48)33-40)39-26-29-42-37(32-39)20-19-35-31-36(23-28-41(35)42)44-13-8-15-50-46-10-2-5-17-52(46)59-56(44)50/h1-33H. The quantitative estimate of drug-likeness (QED) is 0.163. The Bertz CT molecular complexity index is 3850. The average molecular weight is 784 g/mol. The summed E-state index contributed by atoms with van der Waals surface area (Å²) in [5.41, 5.74) is 11.4. The first kappa shape index (κ1) is 33.3. The van der Waals surface area contributed by atoms with Gasteiger partial charge >= 0.3 is 0 Å². The van der Waals surface area contributed by atoms with E-state index in [-0.39, 0.29) is 0 Å². The molecule has 0 atom stereocenters. The summed E-state index contributed by atoms with van der Waals surface area (Å²) in [6.07, 6.45) is 0. The van der Waals surface area contributed by atoms with Crippen LogP contribution < -0.4 is 4.90 Å². The number of hydrogen-bond acceptors (Lipinski definition) is 4. The number of fused-ring (bicyclic) bond motifs is 12. The van der Waals surface area contributed by atoms with Gasteiger partial charge in [-0.25, -0.2) is 0 Å². The lowest BCUT2D eigenvalue weighted by Gasteiger charge is -2.26. The van der Waals surface area contributed by atoms with Crippen molar-refractivity contribution in [2.75, 3.05) is 4.90 Å². The molecule has 3 aromatic heterocycles. The van der Waals surface area contributed by atoms with Crippen LogP contribution in [0, 0.1) is 0 Å². The number of furan rings is 2. The summed E-state index contributed by atoms with van der Waals surface area (Å²) in [5, 5.41) is 12.0. The fraction of sp³-hybridized carbons (Fsp3) is 0. The van der Waals surface area contributed by atoms with E-state index in [1.54, 1.807) is 0 Å². The molecule has 280 valence electrons. The molecule has 0 radical (unpaired) electrons. The lowest BCUT2D eigenvalue weighted by molar-refractivity contribution is 0.669. The maximum absolute atomic E-state index is 6.44. The monoisotopic (exact) mass is 783 g/mol. The van der Waals surface area contributed by atoms with Crippen molar-refractivity contribution in [2.24, 2.45) is 0 Å². The molecule has 0 fully saturated rings. The summed E-state index contributed by atoms with van der Waals surface area (Å²) in [5.74, 6) is 0. The van der Waals surface area contributed by atoms with E-state index in [1.165, 1.54) is 41.7 Å². The van der Waals surface area contributed by atoms with Crippen LogP contribution in [-0.2, 0) is 0 Å². The molecule has 10 aromatic carbocycles. The van der Waals surface area contributed by atoms with Gasteiger partial charge in [0, 0.05) is 69.9 Å². The molecular formula is C56H33NO2S. The second-order valence-electron chi connectivity index (χ2n) is 15.6. The molecule has 0 N–H and O–H groups in total. The molecule has 3 nitrogen and oxygen atoms in total. The Balaban J connectivity index is 0.930. The predicted octanol–water partition coefficient (Wildman–Crippen LogP) is 17.0. The van der Waals surface area contributed by atoms with Gasteiger partial charge in [-0.15, -0.1) is 11.3 Å². The fourth-order valence-corrected chi connectivity index (χ4v) is 10.5. The summed E-state index contributed by atoms with van der Waals surface area (Å²) in [6.45, 7) is 0. The number of anilines is 3. The van der Waals surface area contributed by atoms with Crippen molar-refractivity contribution in [3.63, 3.8) is 0 Å². The second kappa shape index (κ2) is 12.9. The van der Waals surface area contributed by atoms with Crippen LogP contribution in [0.2, 0.25) is 0 Å². The third-order valence-corrected chi connectivity index (χ3v) is 13.4. The van der Waals surface area contributed by atoms with Crippen molar-refractivity contribution in [1.29, 1.82) is 0 Å². The number of thiophene rings is 1. The highest BCUT2D eigenvalue weighted by atomic mass is 32.1. The molecule has 0 amide bonds. The van der Waals surface area contributed by atoms with Crippen molar-refractivity contribution in [3.8, 4) is 22.3 Å². The molecule has 4 heteroatoms. The van der Waals surface area contributed by atoms with Crippen LogP contribution in [0.4, 0.5) is 17.1 Å². The minimum Gasteiger partial charge on any atom is -0.455 e. The third-order valence-electron chi connectivity index (χ3n) is 12.3. The normalized spacial score (nSPS) is 12.0. The highest BCUT2D eigenvalue weighted by molar-refractivity contribution is 7.25. The molecule has 60 heavy (non-hydrogen) atoms. The summed E-state index contributed by atoms with van der Waals surface area (Å²) in [7, 11) is 0. The SMILES string of the molecule is c1ccc2c(c1)oc1c(-c3ccc(N(c4ccc5c(ccc6cc(-c7cccc8c7oc7ccccc78)ccc65)c4)c4ccc5c(c4)sc4ccccc45)cc3)cccc12. The molecule has 0 spiro atoms. The number of rotatable bonds is 5. The van der Waals surface area contributed by atoms with Gasteiger partial charge in [0.25, 0.3) is 0 Å². The van der Waals surface area contributed by atoms with E-state index in [0.29, 0.717) is 0 Å². The summed E-state index contributed by atoms with van der Waals surface area (Å²) >= 11 is 1.85. The van der Waals surface area contributed by atoms with Crippen molar-refractivity contribution in [2.45, 2.75) is 0 Å². The van der Waals surface area contributed by atoms with Crippen LogP contribution in [0.3, 0.4) is 0 Å². The highest BCUT2D eigenvalue weighted by Crippen LogP contribution is 2.44. The zero-order valence-electron chi connectivity index (χ0n) is 32.2. The van der Waals surface area contributed by atoms with Gasteiger partial charge < -0.3 is 13.7 Å². The molecular weight excluding hydrogens is 751 g/mol. The lowest BCUT2D eigenvalue weighted by atomic mass is 9.96. The number of para-hydroxylation sites is 4. The van der Waals surface area contributed by atoms with E-state index < -0.39 is 0 Å². The minimum absolute atomic E-state index is 0.907. The first-order valence-corrected chi connectivity index (χ1v) is 21.1. The molecule has 0 saturated heterocycles. The Labute approximate surface area is 348 Å². The van der Waals surface area contributed by atoms with Crippen LogP contribution in [0.1, 0.15) is 0 Å². The molecule has 0 aliphatic heterocycles. The Morgan fingerprint density at radius 2 is 0.817 bits per heavy atom. The van der Waals surface area contributed by atoms with Crippen molar-refractivity contribution in [3.05, 3.63) is 200 Å². The van der Waals surface area contributed by atoms with E-state index in [0.717, 1.165) is 83.2 Å². The molecule has 0 aliphatic carbocycles. The van der Waals surface area contributed by atoms with Crippen molar-refractivity contribution < 1.29 is 8.83 Å². The highest BCUT2D eigenvalue weighted by Gasteiger charge is 2.18. The maximum Gasteiger partial charge on any atom is 0.143 e. The predicted molar refractivity (Wildman–Crippen MR) is 254 cm³/mol. The first-order valence-electron chi connectivity index (χ1n) is 20.3. The lowest BCUT2D eigenvalue weighted by Crippen LogP contribution is -2.09. The molecule has 3 heterocycles. The summed E-state index contributed by atoms with van der Waals surface area (Å²) in [6, 6.07) is 72.1. The van der Waals surface area contributed by atoms with Crippen LogP contribution in [0.15, 0.2) is 209 Å². The Hall–Kier alpha value is -7.66. The first-order chi connectivity index (χ1) is 29.7.